The van der Waals surface area contributed by atoms with Crippen molar-refractivity contribution >= 4 is 30.5 Å². The molecule has 192 valence electrons. The number of esters is 1. The Morgan fingerprint density at radius 2 is 1.92 bits per heavy atom. The van der Waals surface area contributed by atoms with E-state index < -0.39 is 29.9 Å². The Morgan fingerprint density at radius 1 is 1.17 bits per heavy atom. The third-order valence-corrected chi connectivity index (χ3v) is 4.92. The van der Waals surface area contributed by atoms with E-state index in [0.717, 1.165) is 12.1 Å². The molecule has 0 spiro atoms. The lowest BCUT2D eigenvalue weighted by atomic mass is 10.1. The SMILES string of the molecule is CCOC(=O)c1cnn(-c2nc(OC)c3c(cnn3[C@@H](C)c3ccc(OC(F)(F)F)c(F)c3)n2)c1.S. The first-order chi connectivity index (χ1) is 16.6. The average molecular weight is 528 g/mol. The van der Waals surface area contributed by atoms with E-state index in [1.54, 1.807) is 13.8 Å². The highest BCUT2D eigenvalue weighted by atomic mass is 32.1. The van der Waals surface area contributed by atoms with Crippen LogP contribution >= 0.6 is 13.5 Å². The van der Waals surface area contributed by atoms with Gasteiger partial charge in [0.1, 0.15) is 11.0 Å². The lowest BCUT2D eigenvalue weighted by Gasteiger charge is -2.16. The van der Waals surface area contributed by atoms with E-state index in [1.807, 2.05) is 0 Å². The Hall–Kier alpha value is -3.88. The summed E-state index contributed by atoms with van der Waals surface area (Å²) in [5.41, 5.74) is 1.24. The average Bonchev–Trinajstić information content (AvgIpc) is 3.46. The molecule has 3 heterocycles. The van der Waals surface area contributed by atoms with Crippen LogP contribution in [-0.2, 0) is 4.74 Å². The Kier molecular flexibility index (Phi) is 7.71. The number of rotatable bonds is 7. The number of alkyl halides is 3. The molecule has 15 heteroatoms. The number of fused-ring (bicyclic) bond motifs is 1. The normalized spacial score (nSPS) is 12.2. The number of hydrogen-bond donors (Lipinski definition) is 0. The van der Waals surface area contributed by atoms with Gasteiger partial charge in [0.05, 0.1) is 37.7 Å². The van der Waals surface area contributed by atoms with Crippen molar-refractivity contribution in [3.05, 3.63) is 53.7 Å². The number of carbonyl (C=O) groups excluding carboxylic acids is 1. The van der Waals surface area contributed by atoms with Gasteiger partial charge in [0, 0.05) is 6.20 Å². The van der Waals surface area contributed by atoms with Crippen LogP contribution in [0.5, 0.6) is 11.6 Å². The molecular weight excluding hydrogens is 508 g/mol. The van der Waals surface area contributed by atoms with Crippen LogP contribution in [0.1, 0.15) is 35.8 Å². The zero-order chi connectivity index (χ0) is 25.3. The number of ether oxygens (including phenoxy) is 3. The van der Waals surface area contributed by atoms with Crippen molar-refractivity contribution in [2.24, 2.45) is 0 Å². The van der Waals surface area contributed by atoms with Gasteiger partial charge in [-0.1, -0.05) is 6.07 Å². The molecule has 10 nitrogen and oxygen atoms in total. The van der Waals surface area contributed by atoms with Crippen molar-refractivity contribution in [2.75, 3.05) is 13.7 Å². The van der Waals surface area contributed by atoms with Crippen LogP contribution < -0.4 is 9.47 Å². The zero-order valence-electron chi connectivity index (χ0n) is 19.1. The summed E-state index contributed by atoms with van der Waals surface area (Å²) in [5, 5.41) is 8.36. The smallest absolute Gasteiger partial charge is 0.479 e. The summed E-state index contributed by atoms with van der Waals surface area (Å²) in [6.07, 6.45) is -0.879. The highest BCUT2D eigenvalue weighted by Gasteiger charge is 2.32. The predicted molar refractivity (Wildman–Crippen MR) is 122 cm³/mol. The summed E-state index contributed by atoms with van der Waals surface area (Å²) >= 11 is 0. The number of aromatic nitrogens is 6. The Balaban J connectivity index is 0.00000361. The quantitative estimate of drug-likeness (QED) is 0.262. The number of carbonyl (C=O) groups is 1. The molecule has 0 saturated carbocycles. The lowest BCUT2D eigenvalue weighted by Crippen LogP contribution is -2.18. The summed E-state index contributed by atoms with van der Waals surface area (Å²) in [6.45, 7) is 3.56. The van der Waals surface area contributed by atoms with Crippen LogP contribution in [0.25, 0.3) is 17.0 Å². The second kappa shape index (κ2) is 10.4. The van der Waals surface area contributed by atoms with Crippen molar-refractivity contribution in [1.82, 2.24) is 29.5 Å². The molecule has 1 atom stereocenters. The summed E-state index contributed by atoms with van der Waals surface area (Å²) < 4.78 is 68.3. The fourth-order valence-electron chi connectivity index (χ4n) is 3.34. The molecule has 0 bridgehead atoms. The van der Waals surface area contributed by atoms with Crippen LogP contribution in [0.4, 0.5) is 17.6 Å². The second-order valence-electron chi connectivity index (χ2n) is 7.16. The van der Waals surface area contributed by atoms with Gasteiger partial charge in [0.25, 0.3) is 5.95 Å². The van der Waals surface area contributed by atoms with Gasteiger partial charge >= 0.3 is 12.3 Å². The van der Waals surface area contributed by atoms with E-state index in [-0.39, 0.29) is 37.5 Å². The molecule has 4 rings (SSSR count). The minimum absolute atomic E-state index is 0. The molecule has 36 heavy (non-hydrogen) atoms. The second-order valence-corrected chi connectivity index (χ2v) is 7.16. The topological polar surface area (TPSA) is 106 Å². The fraction of sp³-hybridized carbons (Fsp3) is 0.286. The van der Waals surface area contributed by atoms with E-state index >= 15 is 0 Å². The molecule has 0 aliphatic carbocycles. The zero-order valence-corrected chi connectivity index (χ0v) is 20.1. The standard InChI is InChI=1S/C21H18F4N6O4.H2S/c1-4-34-19(32)13-8-26-30(10-13)20-28-15-9-27-31(17(15)18(29-20)33-3)11(2)12-5-6-16(14(22)7-12)35-21(23,24)25;/h5-11H,4H2,1-3H3;1H2/t11-;/m0./s1. The van der Waals surface area contributed by atoms with E-state index in [1.165, 1.54) is 41.1 Å². The number of nitrogens with zero attached hydrogens (tertiary/aromatic N) is 6. The highest BCUT2D eigenvalue weighted by molar-refractivity contribution is 7.59. The van der Waals surface area contributed by atoms with E-state index in [2.05, 4.69) is 24.9 Å². The maximum absolute atomic E-state index is 14.2. The molecule has 0 N–H and O–H groups in total. The minimum atomic E-state index is -5.01. The molecule has 0 aliphatic heterocycles. The predicted octanol–water partition coefficient (Wildman–Crippen LogP) is 3.96. The molecule has 0 saturated heterocycles. The number of benzene rings is 1. The van der Waals surface area contributed by atoms with Crippen LogP contribution in [-0.4, -0.2) is 55.6 Å². The van der Waals surface area contributed by atoms with Crippen molar-refractivity contribution < 1.29 is 36.6 Å². The monoisotopic (exact) mass is 528 g/mol. The van der Waals surface area contributed by atoms with Gasteiger partial charge in [-0.05, 0) is 31.5 Å². The van der Waals surface area contributed by atoms with E-state index in [0.29, 0.717) is 16.6 Å². The molecule has 1 aromatic carbocycles. The van der Waals surface area contributed by atoms with Crippen LogP contribution in [0.2, 0.25) is 0 Å². The summed E-state index contributed by atoms with van der Waals surface area (Å²) in [5.74, 6) is -2.46. The molecule has 3 aromatic heterocycles. The van der Waals surface area contributed by atoms with Gasteiger partial charge < -0.3 is 14.2 Å². The van der Waals surface area contributed by atoms with Crippen molar-refractivity contribution in [2.45, 2.75) is 26.3 Å². The Bertz CT molecular complexity index is 1390. The Morgan fingerprint density at radius 3 is 2.56 bits per heavy atom. The number of hydrogen-bond acceptors (Lipinski definition) is 8. The number of methoxy groups -OCH3 is 1. The summed E-state index contributed by atoms with van der Waals surface area (Å²) in [4.78, 5) is 20.6. The van der Waals surface area contributed by atoms with E-state index in [9.17, 15) is 22.4 Å². The van der Waals surface area contributed by atoms with Crippen molar-refractivity contribution in [3.63, 3.8) is 0 Å². The molecule has 0 aliphatic rings. The maximum Gasteiger partial charge on any atom is 0.573 e. The highest BCUT2D eigenvalue weighted by Crippen LogP contribution is 2.32. The molecule has 4 aromatic rings. The summed E-state index contributed by atoms with van der Waals surface area (Å²) in [7, 11) is 1.38. The van der Waals surface area contributed by atoms with Crippen LogP contribution in [0.3, 0.4) is 0 Å². The first kappa shape index (κ1) is 26.7. The van der Waals surface area contributed by atoms with Gasteiger partial charge in [0.15, 0.2) is 11.6 Å². The molecular formula is C21H20F4N6O4S. The maximum atomic E-state index is 14.2. The fourth-order valence-corrected chi connectivity index (χ4v) is 3.34. The Labute approximate surface area is 208 Å². The van der Waals surface area contributed by atoms with E-state index in [4.69, 9.17) is 9.47 Å². The van der Waals surface area contributed by atoms with Gasteiger partial charge in [-0.3, -0.25) is 4.68 Å². The minimum Gasteiger partial charge on any atom is -0.479 e. The molecule has 0 fully saturated rings. The first-order valence-electron chi connectivity index (χ1n) is 10.2. The molecule has 0 radical (unpaired) electrons. The molecule has 0 unspecified atom stereocenters. The number of halogens is 4. The van der Waals surface area contributed by atoms with Gasteiger partial charge in [0.2, 0.25) is 5.88 Å². The first-order valence-corrected chi connectivity index (χ1v) is 10.2. The van der Waals surface area contributed by atoms with Crippen molar-refractivity contribution in [1.29, 1.82) is 0 Å². The molecule has 0 amide bonds. The lowest BCUT2D eigenvalue weighted by molar-refractivity contribution is -0.275. The third-order valence-electron chi connectivity index (χ3n) is 4.92. The summed E-state index contributed by atoms with van der Waals surface area (Å²) in [6, 6.07) is 2.49. The third kappa shape index (κ3) is 5.35. The van der Waals surface area contributed by atoms with Gasteiger partial charge in [-0.25, -0.2) is 18.9 Å². The van der Waals surface area contributed by atoms with Gasteiger partial charge in [-0.2, -0.15) is 28.7 Å². The van der Waals surface area contributed by atoms with Crippen molar-refractivity contribution in [3.8, 4) is 17.6 Å². The van der Waals surface area contributed by atoms with Crippen LogP contribution in [0.15, 0.2) is 36.8 Å². The van der Waals surface area contributed by atoms with Crippen LogP contribution in [0, 0.1) is 5.82 Å². The van der Waals surface area contributed by atoms with Gasteiger partial charge in [-0.15, -0.1) is 13.2 Å². The largest absolute Gasteiger partial charge is 0.573 e.